The zero-order chi connectivity index (χ0) is 19.3. The average Bonchev–Trinajstić information content (AvgIpc) is 3.34. The highest BCUT2D eigenvalue weighted by Gasteiger charge is 2.23. The number of nitrogens with zero attached hydrogens (tertiary/aromatic N) is 2. The number of ketones is 1. The Morgan fingerprint density at radius 1 is 1.00 bits per heavy atom. The van der Waals surface area contributed by atoms with Crippen LogP contribution in [-0.2, 0) is 0 Å². The second-order valence-electron chi connectivity index (χ2n) is 7.49. The van der Waals surface area contributed by atoms with E-state index >= 15 is 0 Å². The molecule has 1 radical (unpaired) electrons. The second-order valence-corrected chi connectivity index (χ2v) is 7.49. The fourth-order valence-electron chi connectivity index (χ4n) is 4.46. The molecule has 1 atom stereocenters. The molecule has 28 heavy (non-hydrogen) atoms. The van der Waals surface area contributed by atoms with E-state index in [2.05, 4.69) is 30.0 Å². The van der Waals surface area contributed by atoms with Crippen LogP contribution < -0.4 is 5.56 Å². The van der Waals surface area contributed by atoms with Crippen LogP contribution in [0.2, 0.25) is 12.6 Å². The van der Waals surface area contributed by atoms with Crippen LogP contribution in [0.25, 0.3) is 27.6 Å². The number of pyridine rings is 1. The molecular formula is C23H20BN2O2. The van der Waals surface area contributed by atoms with E-state index in [0.717, 1.165) is 46.7 Å². The van der Waals surface area contributed by atoms with Gasteiger partial charge in [0.25, 0.3) is 5.56 Å². The molecule has 1 aliphatic rings. The van der Waals surface area contributed by atoms with Gasteiger partial charge in [-0.3, -0.25) is 14.2 Å². The molecule has 5 rings (SSSR count). The van der Waals surface area contributed by atoms with Gasteiger partial charge in [0.2, 0.25) is 0 Å². The Morgan fingerprint density at radius 2 is 1.79 bits per heavy atom. The van der Waals surface area contributed by atoms with E-state index in [1.807, 2.05) is 24.3 Å². The minimum absolute atomic E-state index is 0.0196. The summed E-state index contributed by atoms with van der Waals surface area (Å²) in [6, 6.07) is 19.6. The summed E-state index contributed by atoms with van der Waals surface area (Å²) in [5, 5.41) is 1.08. The Kier molecular flexibility index (Phi) is 3.97. The first-order valence-corrected chi connectivity index (χ1v) is 9.73. The van der Waals surface area contributed by atoms with Crippen molar-refractivity contribution in [2.24, 2.45) is 0 Å². The van der Waals surface area contributed by atoms with Crippen molar-refractivity contribution in [2.75, 3.05) is 0 Å². The van der Waals surface area contributed by atoms with Crippen molar-refractivity contribution in [1.82, 2.24) is 9.13 Å². The molecule has 0 aliphatic carbocycles. The van der Waals surface area contributed by atoms with Gasteiger partial charge >= 0.3 is 0 Å². The number of hydrogen-bond donors (Lipinski definition) is 0. The fraction of sp³-hybridized carbons (Fsp3) is 0.217. The third kappa shape index (κ3) is 2.54. The van der Waals surface area contributed by atoms with E-state index in [1.165, 1.54) is 0 Å². The summed E-state index contributed by atoms with van der Waals surface area (Å²) in [5.74, 6) is 0.0196. The van der Waals surface area contributed by atoms with Gasteiger partial charge in [0.1, 0.15) is 7.28 Å². The Bertz CT molecular complexity index is 1260. The maximum Gasteiger partial charge on any atom is 0.255 e. The summed E-state index contributed by atoms with van der Waals surface area (Å²) >= 11 is 0. The van der Waals surface area contributed by atoms with Crippen LogP contribution in [0.1, 0.15) is 29.7 Å². The lowest BCUT2D eigenvalue weighted by molar-refractivity contribution is 0.101. The number of rotatable bonds is 3. The molecule has 0 amide bonds. The van der Waals surface area contributed by atoms with E-state index in [-0.39, 0.29) is 11.3 Å². The minimum Gasteiger partial charge on any atom is -0.337 e. The summed E-state index contributed by atoms with van der Waals surface area (Å²) in [4.78, 5) is 24.5. The summed E-state index contributed by atoms with van der Waals surface area (Å²) in [6.07, 6.45) is 3.31. The van der Waals surface area contributed by atoms with Gasteiger partial charge in [0.05, 0.1) is 16.6 Å². The van der Waals surface area contributed by atoms with Crippen LogP contribution >= 0.6 is 0 Å². The molecule has 1 saturated heterocycles. The molecule has 137 valence electrons. The van der Waals surface area contributed by atoms with Crippen molar-refractivity contribution in [3.63, 3.8) is 0 Å². The molecule has 0 saturated carbocycles. The zero-order valence-corrected chi connectivity index (χ0v) is 15.8. The highest BCUT2D eigenvalue weighted by atomic mass is 16.1. The number of hydrogen-bond acceptors (Lipinski definition) is 2. The number of Topliss-reactive ketones (excluding diaryl/α,β-unsaturated/α-hetero) is 1. The van der Waals surface area contributed by atoms with Crippen molar-refractivity contribution in [3.05, 3.63) is 76.6 Å². The lowest BCUT2D eigenvalue weighted by Gasteiger charge is -2.16. The Hall–Kier alpha value is -3.08. The van der Waals surface area contributed by atoms with Crippen molar-refractivity contribution in [3.8, 4) is 5.69 Å². The summed E-state index contributed by atoms with van der Waals surface area (Å²) in [7, 11) is 2.35. The van der Waals surface area contributed by atoms with Crippen molar-refractivity contribution in [2.45, 2.75) is 32.0 Å². The lowest BCUT2D eigenvalue weighted by atomic mass is 9.77. The normalized spacial score (nSPS) is 16.5. The average molecular weight is 367 g/mol. The van der Waals surface area contributed by atoms with Crippen LogP contribution in [0.5, 0.6) is 0 Å². The third-order valence-corrected chi connectivity index (χ3v) is 5.79. The Morgan fingerprint density at radius 3 is 2.50 bits per heavy atom. The molecule has 1 aliphatic heterocycles. The van der Waals surface area contributed by atoms with Crippen LogP contribution in [0.15, 0.2) is 65.5 Å². The zero-order valence-electron chi connectivity index (χ0n) is 15.8. The van der Waals surface area contributed by atoms with E-state index in [0.29, 0.717) is 11.6 Å². The van der Waals surface area contributed by atoms with Gasteiger partial charge in [-0.15, -0.1) is 0 Å². The molecule has 0 bridgehead atoms. The molecule has 2 aromatic carbocycles. The van der Waals surface area contributed by atoms with Gasteiger partial charge in [0, 0.05) is 28.7 Å². The van der Waals surface area contributed by atoms with Crippen LogP contribution in [0.3, 0.4) is 0 Å². The maximum absolute atomic E-state index is 12.9. The number of carbonyl (C=O) groups is 1. The number of para-hydroxylation sites is 1. The first kappa shape index (κ1) is 17.1. The number of carbonyl (C=O) groups excluding carboxylic acids is 1. The molecule has 3 heterocycles. The first-order valence-electron chi connectivity index (χ1n) is 9.73. The molecule has 1 fully saturated rings. The van der Waals surface area contributed by atoms with Crippen molar-refractivity contribution in [1.29, 1.82) is 0 Å². The van der Waals surface area contributed by atoms with E-state index < -0.39 is 0 Å². The second kappa shape index (κ2) is 6.52. The minimum atomic E-state index is -0.0658. The van der Waals surface area contributed by atoms with Crippen LogP contribution in [0, 0.1) is 0 Å². The van der Waals surface area contributed by atoms with E-state index in [1.54, 1.807) is 29.7 Å². The number of aromatic nitrogens is 2. The molecule has 5 heteroatoms. The standard InChI is InChI=1S/C23H20BN2O2/c1-15(27)16-6-8-17(9-7-16)26-22(28)11-10-21-23(26)19-4-2-3-5-20(19)25(21)18-12-13-24-14-18/h2-11,18H,12-14H2,1H3. The predicted molar refractivity (Wildman–Crippen MR) is 114 cm³/mol. The first-order chi connectivity index (χ1) is 13.6. The quantitative estimate of drug-likeness (QED) is 0.391. The highest BCUT2D eigenvalue weighted by Crippen LogP contribution is 2.37. The predicted octanol–water partition coefficient (Wildman–Crippen LogP) is 4.63. The van der Waals surface area contributed by atoms with Gasteiger partial charge in [-0.1, -0.05) is 30.8 Å². The molecule has 4 aromatic rings. The molecule has 2 aromatic heterocycles. The van der Waals surface area contributed by atoms with Crippen LogP contribution in [-0.4, -0.2) is 22.2 Å². The molecule has 1 unspecified atom stereocenters. The highest BCUT2D eigenvalue weighted by molar-refractivity contribution is 6.36. The fourth-order valence-corrected chi connectivity index (χ4v) is 4.46. The largest absolute Gasteiger partial charge is 0.337 e. The monoisotopic (exact) mass is 367 g/mol. The van der Waals surface area contributed by atoms with Crippen LogP contribution in [0.4, 0.5) is 0 Å². The topological polar surface area (TPSA) is 44.0 Å². The lowest BCUT2D eigenvalue weighted by Crippen LogP contribution is -2.17. The molecule has 0 spiro atoms. The summed E-state index contributed by atoms with van der Waals surface area (Å²) < 4.78 is 4.17. The third-order valence-electron chi connectivity index (χ3n) is 5.79. The molecule has 4 nitrogen and oxygen atoms in total. The summed E-state index contributed by atoms with van der Waals surface area (Å²) in [5.41, 5.74) is 4.54. The molecule has 0 N–H and O–H groups in total. The van der Waals surface area contributed by atoms with Gasteiger partial charge < -0.3 is 4.57 Å². The number of benzene rings is 2. The van der Waals surface area contributed by atoms with Crippen molar-refractivity contribution < 1.29 is 4.79 Å². The maximum atomic E-state index is 12.9. The van der Waals surface area contributed by atoms with E-state index in [4.69, 9.17) is 0 Å². The van der Waals surface area contributed by atoms with Gasteiger partial charge in [-0.05, 0) is 49.7 Å². The summed E-state index contributed by atoms with van der Waals surface area (Å²) in [6.45, 7) is 1.55. The SMILES string of the molecule is CC(=O)c1ccc(-n2c(=O)ccc3c2c2ccccc2n3C2C[B]CC2)cc1. The van der Waals surface area contributed by atoms with E-state index in [9.17, 15) is 9.59 Å². The van der Waals surface area contributed by atoms with Gasteiger partial charge in [0.15, 0.2) is 5.78 Å². The molecular weight excluding hydrogens is 347 g/mol. The smallest absolute Gasteiger partial charge is 0.255 e. The Balaban J connectivity index is 1.85. The van der Waals surface area contributed by atoms with Gasteiger partial charge in [-0.25, -0.2) is 0 Å². The Labute approximate surface area is 163 Å². The number of fused-ring (bicyclic) bond motifs is 3. The van der Waals surface area contributed by atoms with Gasteiger partial charge in [-0.2, -0.15) is 0 Å². The van der Waals surface area contributed by atoms with Crippen molar-refractivity contribution >= 4 is 35.0 Å².